The summed E-state index contributed by atoms with van der Waals surface area (Å²) in [5, 5.41) is 0. The van der Waals surface area contributed by atoms with Gasteiger partial charge in [0, 0.05) is 6.54 Å². The Morgan fingerprint density at radius 2 is 2.08 bits per heavy atom. The first-order valence-electron chi connectivity index (χ1n) is 4.53. The SMILES string of the molecule is C=CC(=O)N(CC)C1(C(C)=O)CC1. The molecule has 1 fully saturated rings. The van der Waals surface area contributed by atoms with Crippen molar-refractivity contribution in [1.29, 1.82) is 0 Å². The molecule has 0 saturated heterocycles. The number of ketones is 1. The molecule has 1 saturated carbocycles. The number of hydrogen-bond acceptors (Lipinski definition) is 2. The van der Waals surface area contributed by atoms with Crippen LogP contribution in [-0.2, 0) is 9.59 Å². The second-order valence-electron chi connectivity index (χ2n) is 3.37. The molecule has 0 aromatic rings. The van der Waals surface area contributed by atoms with Gasteiger partial charge in [-0.2, -0.15) is 0 Å². The predicted molar refractivity (Wildman–Crippen MR) is 50.2 cm³/mol. The summed E-state index contributed by atoms with van der Waals surface area (Å²) in [6.07, 6.45) is 2.87. The molecule has 0 aromatic heterocycles. The van der Waals surface area contributed by atoms with E-state index in [0.717, 1.165) is 12.8 Å². The van der Waals surface area contributed by atoms with Crippen molar-refractivity contribution in [3.63, 3.8) is 0 Å². The topological polar surface area (TPSA) is 37.4 Å². The molecule has 0 unspecified atom stereocenters. The summed E-state index contributed by atoms with van der Waals surface area (Å²) in [6.45, 7) is 7.43. The zero-order valence-corrected chi connectivity index (χ0v) is 8.17. The molecular weight excluding hydrogens is 166 g/mol. The monoisotopic (exact) mass is 181 g/mol. The van der Waals surface area contributed by atoms with E-state index in [4.69, 9.17) is 0 Å². The molecular formula is C10H15NO2. The highest BCUT2D eigenvalue weighted by Crippen LogP contribution is 2.42. The highest BCUT2D eigenvalue weighted by molar-refractivity contribution is 5.97. The molecule has 0 N–H and O–H groups in total. The molecule has 0 aliphatic heterocycles. The second kappa shape index (κ2) is 3.32. The van der Waals surface area contributed by atoms with E-state index in [1.807, 2.05) is 6.92 Å². The Kier molecular flexibility index (Phi) is 2.55. The van der Waals surface area contributed by atoms with Crippen LogP contribution >= 0.6 is 0 Å². The zero-order chi connectivity index (χ0) is 10.1. The van der Waals surface area contributed by atoms with Gasteiger partial charge in [0.1, 0.15) is 5.54 Å². The number of hydrogen-bond donors (Lipinski definition) is 0. The van der Waals surface area contributed by atoms with Crippen molar-refractivity contribution in [2.75, 3.05) is 6.54 Å². The normalized spacial score (nSPS) is 17.7. The first-order valence-corrected chi connectivity index (χ1v) is 4.53. The van der Waals surface area contributed by atoms with Crippen molar-refractivity contribution < 1.29 is 9.59 Å². The summed E-state index contributed by atoms with van der Waals surface area (Å²) in [5.74, 6) is -0.0558. The lowest BCUT2D eigenvalue weighted by Crippen LogP contribution is -2.45. The Hall–Kier alpha value is -1.12. The van der Waals surface area contributed by atoms with E-state index in [9.17, 15) is 9.59 Å². The molecule has 1 aliphatic rings. The summed E-state index contributed by atoms with van der Waals surface area (Å²) >= 11 is 0. The quantitative estimate of drug-likeness (QED) is 0.610. The van der Waals surface area contributed by atoms with Crippen LogP contribution in [0.1, 0.15) is 26.7 Å². The van der Waals surface area contributed by atoms with Gasteiger partial charge in [-0.1, -0.05) is 6.58 Å². The van der Waals surface area contributed by atoms with Gasteiger partial charge in [-0.15, -0.1) is 0 Å². The van der Waals surface area contributed by atoms with E-state index in [0.29, 0.717) is 6.54 Å². The minimum absolute atomic E-state index is 0.0875. The van der Waals surface area contributed by atoms with Gasteiger partial charge in [-0.3, -0.25) is 9.59 Å². The van der Waals surface area contributed by atoms with E-state index in [1.165, 1.54) is 6.08 Å². The third kappa shape index (κ3) is 1.50. The highest BCUT2D eigenvalue weighted by atomic mass is 16.2. The maximum absolute atomic E-state index is 11.4. The zero-order valence-electron chi connectivity index (χ0n) is 8.17. The first-order chi connectivity index (χ1) is 6.08. The Labute approximate surface area is 78.4 Å². The molecule has 0 atom stereocenters. The van der Waals surface area contributed by atoms with Crippen molar-refractivity contribution in [2.45, 2.75) is 32.2 Å². The molecule has 3 nitrogen and oxygen atoms in total. The number of Topliss-reactive ketones (excluding diaryl/α,β-unsaturated/α-hetero) is 1. The Balaban J connectivity index is 2.83. The molecule has 1 aliphatic carbocycles. The fraction of sp³-hybridized carbons (Fsp3) is 0.600. The fourth-order valence-corrected chi connectivity index (χ4v) is 1.71. The maximum Gasteiger partial charge on any atom is 0.246 e. The summed E-state index contributed by atoms with van der Waals surface area (Å²) in [7, 11) is 0. The van der Waals surface area contributed by atoms with Crippen LogP contribution in [0.5, 0.6) is 0 Å². The summed E-state index contributed by atoms with van der Waals surface area (Å²) in [4.78, 5) is 24.3. The number of likely N-dealkylation sites (N-methyl/N-ethyl adjacent to an activating group) is 1. The molecule has 0 bridgehead atoms. The average Bonchev–Trinajstić information content (AvgIpc) is 2.86. The Bertz CT molecular complexity index is 254. The van der Waals surface area contributed by atoms with Gasteiger partial charge in [0.25, 0.3) is 0 Å². The minimum atomic E-state index is -0.486. The van der Waals surface area contributed by atoms with Crippen LogP contribution < -0.4 is 0 Å². The smallest absolute Gasteiger partial charge is 0.246 e. The van der Waals surface area contributed by atoms with E-state index >= 15 is 0 Å². The largest absolute Gasteiger partial charge is 0.327 e. The maximum atomic E-state index is 11.4. The Morgan fingerprint density at radius 1 is 1.54 bits per heavy atom. The lowest BCUT2D eigenvalue weighted by atomic mass is 10.1. The molecule has 0 spiro atoms. The van der Waals surface area contributed by atoms with E-state index in [-0.39, 0.29) is 11.7 Å². The standard InChI is InChI=1S/C10H15NO2/c1-4-9(13)11(5-2)10(6-7-10)8(3)12/h4H,1,5-7H2,2-3H3. The molecule has 0 heterocycles. The van der Waals surface area contributed by atoms with Gasteiger partial charge in [-0.05, 0) is 32.8 Å². The fourth-order valence-electron chi connectivity index (χ4n) is 1.71. The van der Waals surface area contributed by atoms with Crippen LogP contribution in [0.15, 0.2) is 12.7 Å². The second-order valence-corrected chi connectivity index (χ2v) is 3.37. The molecule has 1 rings (SSSR count). The highest BCUT2D eigenvalue weighted by Gasteiger charge is 2.53. The van der Waals surface area contributed by atoms with Crippen LogP contribution in [0.2, 0.25) is 0 Å². The summed E-state index contributed by atoms with van der Waals surface area (Å²) in [6, 6.07) is 0. The minimum Gasteiger partial charge on any atom is -0.327 e. The molecule has 0 radical (unpaired) electrons. The number of carbonyl (C=O) groups is 2. The summed E-state index contributed by atoms with van der Waals surface area (Å²) < 4.78 is 0. The van der Waals surface area contributed by atoms with E-state index in [2.05, 4.69) is 6.58 Å². The van der Waals surface area contributed by atoms with E-state index < -0.39 is 5.54 Å². The third-order valence-electron chi connectivity index (χ3n) is 2.65. The van der Waals surface area contributed by atoms with Crippen LogP contribution in [-0.4, -0.2) is 28.7 Å². The summed E-state index contributed by atoms with van der Waals surface area (Å²) in [5.41, 5.74) is -0.486. The van der Waals surface area contributed by atoms with Gasteiger partial charge in [0.05, 0.1) is 0 Å². The van der Waals surface area contributed by atoms with Crippen LogP contribution in [0.25, 0.3) is 0 Å². The number of amides is 1. The van der Waals surface area contributed by atoms with Crippen LogP contribution in [0, 0.1) is 0 Å². The van der Waals surface area contributed by atoms with Gasteiger partial charge in [-0.25, -0.2) is 0 Å². The lowest BCUT2D eigenvalue weighted by Gasteiger charge is -2.27. The number of nitrogens with zero attached hydrogens (tertiary/aromatic N) is 1. The molecule has 1 amide bonds. The van der Waals surface area contributed by atoms with Crippen molar-refractivity contribution in [3.8, 4) is 0 Å². The third-order valence-corrected chi connectivity index (χ3v) is 2.65. The van der Waals surface area contributed by atoms with E-state index in [1.54, 1.807) is 11.8 Å². The Morgan fingerprint density at radius 3 is 2.31 bits per heavy atom. The average molecular weight is 181 g/mol. The van der Waals surface area contributed by atoms with Crippen molar-refractivity contribution in [1.82, 2.24) is 4.90 Å². The van der Waals surface area contributed by atoms with Crippen LogP contribution in [0.4, 0.5) is 0 Å². The predicted octanol–water partition coefficient (Wildman–Crippen LogP) is 1.14. The van der Waals surface area contributed by atoms with Crippen molar-refractivity contribution in [2.24, 2.45) is 0 Å². The van der Waals surface area contributed by atoms with Gasteiger partial charge in [0.15, 0.2) is 5.78 Å². The molecule has 72 valence electrons. The first kappa shape index (κ1) is 9.96. The lowest BCUT2D eigenvalue weighted by molar-refractivity contribution is -0.136. The van der Waals surface area contributed by atoms with Gasteiger partial charge < -0.3 is 4.90 Å². The van der Waals surface area contributed by atoms with Crippen molar-refractivity contribution >= 4 is 11.7 Å². The number of rotatable bonds is 4. The number of carbonyl (C=O) groups excluding carboxylic acids is 2. The molecule has 13 heavy (non-hydrogen) atoms. The molecule has 3 heteroatoms. The van der Waals surface area contributed by atoms with Gasteiger partial charge >= 0.3 is 0 Å². The van der Waals surface area contributed by atoms with Gasteiger partial charge in [0.2, 0.25) is 5.91 Å². The van der Waals surface area contributed by atoms with Crippen LogP contribution in [0.3, 0.4) is 0 Å². The van der Waals surface area contributed by atoms with Crippen molar-refractivity contribution in [3.05, 3.63) is 12.7 Å². The molecule has 0 aromatic carbocycles.